The molecule has 0 saturated carbocycles. The molecule has 3 rings (SSSR count). The second-order valence-corrected chi connectivity index (χ2v) is 4.61. The molecule has 0 aliphatic carbocycles. The summed E-state index contributed by atoms with van der Waals surface area (Å²) in [7, 11) is 0. The Balaban J connectivity index is 2.30. The molecule has 1 heterocycles. The largest absolute Gasteiger partial charge is 0.286 e. The third kappa shape index (κ3) is 1.77. The summed E-state index contributed by atoms with van der Waals surface area (Å²) >= 11 is 0. The molecule has 4 heteroatoms. The van der Waals surface area contributed by atoms with Crippen molar-refractivity contribution in [3.8, 4) is 11.1 Å². The maximum atomic E-state index is 10.4. The summed E-state index contributed by atoms with van der Waals surface area (Å²) in [5.74, 6) is 0. The molecule has 0 aromatic heterocycles. The molecule has 19 heavy (non-hydrogen) atoms. The standard InChI is InChI=1S/C15H16N2O2/c1-2-15-16(18)13-9-5-3-7-11(13)12-8-4-6-10-14(12)17(15)19/h3-10,15,18-19H,2H2,1H3. The van der Waals surface area contributed by atoms with Crippen molar-refractivity contribution in [2.45, 2.75) is 19.5 Å². The van der Waals surface area contributed by atoms with E-state index in [4.69, 9.17) is 0 Å². The lowest BCUT2D eigenvalue weighted by atomic mass is 10.0. The van der Waals surface area contributed by atoms with Crippen LogP contribution in [-0.2, 0) is 0 Å². The van der Waals surface area contributed by atoms with Crippen LogP contribution >= 0.6 is 0 Å². The number of benzene rings is 2. The minimum absolute atomic E-state index is 0.496. The van der Waals surface area contributed by atoms with Crippen molar-refractivity contribution in [2.24, 2.45) is 0 Å². The van der Waals surface area contributed by atoms with Gasteiger partial charge in [-0.2, -0.15) is 0 Å². The van der Waals surface area contributed by atoms with Crippen LogP contribution in [0.15, 0.2) is 48.5 Å². The van der Waals surface area contributed by atoms with E-state index < -0.39 is 6.17 Å². The maximum absolute atomic E-state index is 10.4. The van der Waals surface area contributed by atoms with Gasteiger partial charge in [-0.05, 0) is 18.6 Å². The van der Waals surface area contributed by atoms with Gasteiger partial charge < -0.3 is 0 Å². The number of anilines is 2. The summed E-state index contributed by atoms with van der Waals surface area (Å²) in [5.41, 5.74) is 3.24. The van der Waals surface area contributed by atoms with E-state index >= 15 is 0 Å². The van der Waals surface area contributed by atoms with Gasteiger partial charge in [0.2, 0.25) is 0 Å². The lowest BCUT2D eigenvalue weighted by molar-refractivity contribution is 0.134. The monoisotopic (exact) mass is 256 g/mol. The lowest BCUT2D eigenvalue weighted by Crippen LogP contribution is -2.44. The molecule has 0 spiro atoms. The molecular formula is C15H16N2O2. The van der Waals surface area contributed by atoms with Gasteiger partial charge in [0.1, 0.15) is 0 Å². The number of hydrogen-bond acceptors (Lipinski definition) is 4. The van der Waals surface area contributed by atoms with Crippen LogP contribution in [0.1, 0.15) is 13.3 Å². The number of para-hydroxylation sites is 2. The third-order valence-corrected chi connectivity index (χ3v) is 3.52. The third-order valence-electron chi connectivity index (χ3n) is 3.52. The van der Waals surface area contributed by atoms with Crippen LogP contribution in [0.5, 0.6) is 0 Å². The molecule has 1 aliphatic heterocycles. The van der Waals surface area contributed by atoms with Crippen molar-refractivity contribution >= 4 is 11.4 Å². The molecule has 98 valence electrons. The Morgan fingerprint density at radius 1 is 0.842 bits per heavy atom. The Kier molecular flexibility index (Phi) is 2.89. The first kappa shape index (κ1) is 12.0. The first-order valence-corrected chi connectivity index (χ1v) is 6.38. The average molecular weight is 256 g/mol. The molecule has 2 aromatic rings. The van der Waals surface area contributed by atoms with E-state index in [-0.39, 0.29) is 0 Å². The highest BCUT2D eigenvalue weighted by Gasteiger charge is 2.30. The summed E-state index contributed by atoms with van der Waals surface area (Å²) < 4.78 is 0. The van der Waals surface area contributed by atoms with E-state index in [1.54, 1.807) is 0 Å². The predicted molar refractivity (Wildman–Crippen MR) is 74.5 cm³/mol. The molecule has 0 amide bonds. The van der Waals surface area contributed by atoms with Gasteiger partial charge in [0.25, 0.3) is 0 Å². The first-order chi connectivity index (χ1) is 9.24. The zero-order valence-corrected chi connectivity index (χ0v) is 10.7. The van der Waals surface area contributed by atoms with E-state index in [2.05, 4.69) is 0 Å². The highest BCUT2D eigenvalue weighted by molar-refractivity contribution is 5.88. The fraction of sp³-hybridized carbons (Fsp3) is 0.200. The molecule has 0 fully saturated rings. The molecule has 1 aliphatic rings. The molecule has 0 bridgehead atoms. The second kappa shape index (κ2) is 4.57. The van der Waals surface area contributed by atoms with Crippen LogP contribution in [0.3, 0.4) is 0 Å². The van der Waals surface area contributed by atoms with Gasteiger partial charge in [-0.15, -0.1) is 0 Å². The maximum Gasteiger partial charge on any atom is 0.151 e. The zero-order valence-electron chi connectivity index (χ0n) is 10.7. The molecule has 0 atom stereocenters. The molecule has 0 unspecified atom stereocenters. The van der Waals surface area contributed by atoms with Gasteiger partial charge >= 0.3 is 0 Å². The normalized spacial score (nSPS) is 14.9. The summed E-state index contributed by atoms with van der Waals surface area (Å²) in [6.45, 7) is 1.92. The summed E-state index contributed by atoms with van der Waals surface area (Å²) in [5, 5.41) is 23.0. The Hall–Kier alpha value is -2.04. The predicted octanol–water partition coefficient (Wildman–Crippen LogP) is 3.49. The van der Waals surface area contributed by atoms with Crippen molar-refractivity contribution < 1.29 is 10.4 Å². The van der Waals surface area contributed by atoms with Crippen molar-refractivity contribution in [3.63, 3.8) is 0 Å². The molecular weight excluding hydrogens is 240 g/mol. The van der Waals surface area contributed by atoms with Crippen molar-refractivity contribution in [1.82, 2.24) is 0 Å². The quantitative estimate of drug-likeness (QED) is 0.820. The van der Waals surface area contributed by atoms with Gasteiger partial charge in [-0.3, -0.25) is 10.4 Å². The highest BCUT2D eigenvalue weighted by atomic mass is 16.5. The minimum Gasteiger partial charge on any atom is -0.286 e. The Labute approximate surface area is 112 Å². The van der Waals surface area contributed by atoms with Crippen molar-refractivity contribution in [3.05, 3.63) is 48.5 Å². The van der Waals surface area contributed by atoms with Crippen molar-refractivity contribution in [1.29, 1.82) is 0 Å². The van der Waals surface area contributed by atoms with E-state index in [0.29, 0.717) is 17.8 Å². The van der Waals surface area contributed by atoms with Crippen molar-refractivity contribution in [2.75, 3.05) is 10.1 Å². The topological polar surface area (TPSA) is 46.9 Å². The highest BCUT2D eigenvalue weighted by Crippen LogP contribution is 2.41. The smallest absolute Gasteiger partial charge is 0.151 e. The van der Waals surface area contributed by atoms with E-state index in [1.807, 2.05) is 55.5 Å². The van der Waals surface area contributed by atoms with Gasteiger partial charge in [-0.1, -0.05) is 43.3 Å². The number of rotatable bonds is 1. The second-order valence-electron chi connectivity index (χ2n) is 4.61. The fourth-order valence-electron chi connectivity index (χ4n) is 2.57. The molecule has 2 N–H and O–H groups in total. The number of nitrogens with zero attached hydrogens (tertiary/aromatic N) is 2. The number of hydrogen-bond donors (Lipinski definition) is 2. The van der Waals surface area contributed by atoms with Crippen LogP contribution in [0.25, 0.3) is 11.1 Å². The number of fused-ring (bicyclic) bond motifs is 3. The number of hydroxylamine groups is 2. The fourth-order valence-corrected chi connectivity index (χ4v) is 2.57. The molecule has 0 saturated heterocycles. The summed E-state index contributed by atoms with van der Waals surface area (Å²) in [6.07, 6.45) is 0.0974. The summed E-state index contributed by atoms with van der Waals surface area (Å²) in [4.78, 5) is 0. The van der Waals surface area contributed by atoms with E-state index in [0.717, 1.165) is 21.3 Å². The molecule has 0 radical (unpaired) electrons. The first-order valence-electron chi connectivity index (χ1n) is 6.38. The van der Waals surface area contributed by atoms with Gasteiger partial charge in [-0.25, -0.2) is 10.1 Å². The minimum atomic E-state index is -0.496. The molecule has 2 aromatic carbocycles. The van der Waals surface area contributed by atoms with Gasteiger partial charge in [0.05, 0.1) is 11.4 Å². The van der Waals surface area contributed by atoms with Crippen LogP contribution in [-0.4, -0.2) is 16.6 Å². The average Bonchev–Trinajstić information content (AvgIpc) is 2.55. The van der Waals surface area contributed by atoms with E-state index in [9.17, 15) is 10.4 Å². The Morgan fingerprint density at radius 2 is 1.26 bits per heavy atom. The zero-order chi connectivity index (χ0) is 13.4. The van der Waals surface area contributed by atoms with Crippen LogP contribution in [0.2, 0.25) is 0 Å². The lowest BCUT2D eigenvalue weighted by Gasteiger charge is -2.31. The van der Waals surface area contributed by atoms with Gasteiger partial charge in [0, 0.05) is 11.1 Å². The summed E-state index contributed by atoms with van der Waals surface area (Å²) in [6, 6.07) is 15.2. The SMILES string of the molecule is CCC1N(O)c2ccccc2-c2ccccc2N1O. The van der Waals surface area contributed by atoms with Crippen LogP contribution < -0.4 is 10.1 Å². The Morgan fingerprint density at radius 3 is 1.68 bits per heavy atom. The molecule has 4 nitrogen and oxygen atoms in total. The van der Waals surface area contributed by atoms with Gasteiger partial charge in [0.15, 0.2) is 6.17 Å². The van der Waals surface area contributed by atoms with Crippen LogP contribution in [0, 0.1) is 0 Å². The van der Waals surface area contributed by atoms with E-state index in [1.165, 1.54) is 0 Å². The van der Waals surface area contributed by atoms with Crippen LogP contribution in [0.4, 0.5) is 11.4 Å². The Bertz CT molecular complexity index is 549.